The molecule has 0 atom stereocenters. The fourth-order valence-corrected chi connectivity index (χ4v) is 2.42. The zero-order chi connectivity index (χ0) is 13.1. The number of nitrogens with two attached hydrogens (primary N) is 1. The molecule has 0 aromatic heterocycles. The first-order valence-electron chi connectivity index (χ1n) is 5.21. The van der Waals surface area contributed by atoms with E-state index >= 15 is 0 Å². The van der Waals surface area contributed by atoms with Crippen molar-refractivity contribution < 1.29 is 9.13 Å². The molecular formula is C13H10Br2FNO. The zero-order valence-electron chi connectivity index (χ0n) is 9.29. The topological polar surface area (TPSA) is 35.2 Å². The molecule has 0 aliphatic heterocycles. The average Bonchev–Trinajstić information content (AvgIpc) is 2.30. The highest BCUT2D eigenvalue weighted by Gasteiger charge is 2.06. The second-order valence-electron chi connectivity index (χ2n) is 3.68. The summed E-state index contributed by atoms with van der Waals surface area (Å²) in [7, 11) is 0. The fraction of sp³-hybridized carbons (Fsp3) is 0.0769. The molecule has 0 heterocycles. The van der Waals surface area contributed by atoms with E-state index in [0.717, 1.165) is 10.0 Å². The summed E-state index contributed by atoms with van der Waals surface area (Å²) in [5.74, 6) is 0.696. The molecule has 0 unspecified atom stereocenters. The highest BCUT2D eigenvalue weighted by molar-refractivity contribution is 9.10. The molecule has 5 heteroatoms. The van der Waals surface area contributed by atoms with Gasteiger partial charge in [-0.25, -0.2) is 4.39 Å². The van der Waals surface area contributed by atoms with Crippen LogP contribution in [0.5, 0.6) is 11.5 Å². The van der Waals surface area contributed by atoms with Crippen LogP contribution in [0.1, 0.15) is 5.56 Å². The minimum Gasteiger partial charge on any atom is -0.456 e. The smallest absolute Gasteiger partial charge is 0.141 e. The second kappa shape index (κ2) is 5.82. The van der Waals surface area contributed by atoms with Gasteiger partial charge in [0.25, 0.3) is 0 Å². The number of halogens is 3. The van der Waals surface area contributed by atoms with Crippen molar-refractivity contribution in [3.05, 3.63) is 56.7 Å². The van der Waals surface area contributed by atoms with Crippen molar-refractivity contribution in [3.63, 3.8) is 0 Å². The van der Waals surface area contributed by atoms with E-state index in [-0.39, 0.29) is 5.82 Å². The van der Waals surface area contributed by atoms with Crippen LogP contribution in [-0.2, 0) is 6.54 Å². The summed E-state index contributed by atoms with van der Waals surface area (Å²) in [5.41, 5.74) is 6.54. The Bertz CT molecular complexity index is 555. The van der Waals surface area contributed by atoms with Crippen molar-refractivity contribution in [2.75, 3.05) is 0 Å². The lowest BCUT2D eigenvalue weighted by Crippen LogP contribution is -1.96. The van der Waals surface area contributed by atoms with Crippen LogP contribution < -0.4 is 10.5 Å². The van der Waals surface area contributed by atoms with E-state index in [4.69, 9.17) is 10.5 Å². The monoisotopic (exact) mass is 373 g/mol. The second-order valence-corrected chi connectivity index (χ2v) is 5.45. The van der Waals surface area contributed by atoms with E-state index in [0.29, 0.717) is 22.5 Å². The molecule has 0 saturated carbocycles. The van der Waals surface area contributed by atoms with Gasteiger partial charge in [0.1, 0.15) is 17.3 Å². The van der Waals surface area contributed by atoms with Crippen LogP contribution in [0.15, 0.2) is 45.3 Å². The van der Waals surface area contributed by atoms with Gasteiger partial charge < -0.3 is 10.5 Å². The van der Waals surface area contributed by atoms with Crippen LogP contribution >= 0.6 is 31.9 Å². The van der Waals surface area contributed by atoms with Gasteiger partial charge in [0.2, 0.25) is 0 Å². The van der Waals surface area contributed by atoms with Crippen molar-refractivity contribution >= 4 is 31.9 Å². The highest BCUT2D eigenvalue weighted by Crippen LogP contribution is 2.32. The van der Waals surface area contributed by atoms with E-state index < -0.39 is 0 Å². The molecule has 18 heavy (non-hydrogen) atoms. The third kappa shape index (κ3) is 3.31. The molecule has 2 nitrogen and oxygen atoms in total. The SMILES string of the molecule is NCc1ccc(Oc2cc(F)cc(Br)c2)c(Br)c1. The van der Waals surface area contributed by atoms with Crippen molar-refractivity contribution in [1.29, 1.82) is 0 Å². The predicted octanol–water partition coefficient (Wildman–Crippen LogP) is 4.60. The number of hydrogen-bond acceptors (Lipinski definition) is 2. The molecule has 2 aromatic rings. The summed E-state index contributed by atoms with van der Waals surface area (Å²) in [4.78, 5) is 0. The molecule has 0 amide bonds. The molecule has 0 aliphatic carbocycles. The molecule has 0 spiro atoms. The molecule has 94 valence electrons. The number of ether oxygens (including phenoxy) is 1. The molecular weight excluding hydrogens is 365 g/mol. The van der Waals surface area contributed by atoms with Crippen molar-refractivity contribution in [3.8, 4) is 11.5 Å². The van der Waals surface area contributed by atoms with Gasteiger partial charge in [-0.1, -0.05) is 22.0 Å². The summed E-state index contributed by atoms with van der Waals surface area (Å²) in [5, 5.41) is 0. The first-order valence-corrected chi connectivity index (χ1v) is 6.79. The Kier molecular flexibility index (Phi) is 4.37. The molecule has 0 radical (unpaired) electrons. The summed E-state index contributed by atoms with van der Waals surface area (Å²) in [6, 6.07) is 9.95. The van der Waals surface area contributed by atoms with E-state index in [1.165, 1.54) is 12.1 Å². The zero-order valence-corrected chi connectivity index (χ0v) is 12.5. The maximum absolute atomic E-state index is 13.2. The van der Waals surface area contributed by atoms with Gasteiger partial charge in [0, 0.05) is 17.1 Å². The van der Waals surface area contributed by atoms with Crippen LogP contribution in [-0.4, -0.2) is 0 Å². The van der Waals surface area contributed by atoms with Crippen molar-refractivity contribution in [2.24, 2.45) is 5.73 Å². The standard InChI is InChI=1S/C13H10Br2FNO/c14-9-4-10(16)6-11(5-9)18-13-2-1-8(7-17)3-12(13)15/h1-6H,7,17H2. The van der Waals surface area contributed by atoms with E-state index in [2.05, 4.69) is 31.9 Å². The average molecular weight is 375 g/mol. The third-order valence-corrected chi connectivity index (χ3v) is 3.37. The minimum absolute atomic E-state index is 0.353. The molecule has 0 saturated heterocycles. The lowest BCUT2D eigenvalue weighted by atomic mass is 10.2. The van der Waals surface area contributed by atoms with E-state index in [1.807, 2.05) is 12.1 Å². The molecule has 2 rings (SSSR count). The molecule has 0 bridgehead atoms. The van der Waals surface area contributed by atoms with Gasteiger partial charge in [-0.15, -0.1) is 0 Å². The Hall–Kier alpha value is -0.910. The van der Waals surface area contributed by atoms with Gasteiger partial charge in [-0.3, -0.25) is 0 Å². The maximum atomic E-state index is 13.2. The van der Waals surface area contributed by atoms with Crippen LogP contribution in [0, 0.1) is 5.82 Å². The van der Waals surface area contributed by atoms with Crippen LogP contribution in [0.2, 0.25) is 0 Å². The van der Waals surface area contributed by atoms with Gasteiger partial charge in [0.05, 0.1) is 4.47 Å². The first kappa shape index (κ1) is 13.5. The quantitative estimate of drug-likeness (QED) is 0.851. The minimum atomic E-state index is -0.353. The van der Waals surface area contributed by atoms with Gasteiger partial charge >= 0.3 is 0 Å². The third-order valence-electron chi connectivity index (χ3n) is 2.30. The van der Waals surface area contributed by atoms with Crippen LogP contribution in [0.25, 0.3) is 0 Å². The van der Waals surface area contributed by atoms with E-state index in [1.54, 1.807) is 12.1 Å². The van der Waals surface area contributed by atoms with Gasteiger partial charge in [0.15, 0.2) is 0 Å². The molecule has 0 fully saturated rings. The summed E-state index contributed by atoms with van der Waals surface area (Å²) in [6.07, 6.45) is 0. The van der Waals surface area contributed by atoms with Gasteiger partial charge in [-0.2, -0.15) is 0 Å². The van der Waals surface area contributed by atoms with Crippen LogP contribution in [0.3, 0.4) is 0 Å². The largest absolute Gasteiger partial charge is 0.456 e. The first-order chi connectivity index (χ1) is 8.58. The Balaban J connectivity index is 2.28. The summed E-state index contributed by atoms with van der Waals surface area (Å²) < 4.78 is 20.2. The molecule has 0 aliphatic rings. The number of rotatable bonds is 3. The maximum Gasteiger partial charge on any atom is 0.141 e. The number of benzene rings is 2. The fourth-order valence-electron chi connectivity index (χ4n) is 1.47. The predicted molar refractivity (Wildman–Crippen MR) is 76.2 cm³/mol. The van der Waals surface area contributed by atoms with Gasteiger partial charge in [-0.05, 0) is 45.8 Å². The lowest BCUT2D eigenvalue weighted by Gasteiger charge is -2.09. The Morgan fingerprint density at radius 2 is 1.89 bits per heavy atom. The van der Waals surface area contributed by atoms with Crippen LogP contribution in [0.4, 0.5) is 4.39 Å². The normalized spacial score (nSPS) is 10.4. The Labute approximate surface area is 121 Å². The number of hydrogen-bond donors (Lipinski definition) is 1. The molecule has 2 N–H and O–H groups in total. The van der Waals surface area contributed by atoms with Crippen molar-refractivity contribution in [1.82, 2.24) is 0 Å². The van der Waals surface area contributed by atoms with E-state index in [9.17, 15) is 4.39 Å². The summed E-state index contributed by atoms with van der Waals surface area (Å²) >= 11 is 6.62. The summed E-state index contributed by atoms with van der Waals surface area (Å²) in [6.45, 7) is 0.463. The Morgan fingerprint density at radius 1 is 1.11 bits per heavy atom. The Morgan fingerprint density at radius 3 is 2.50 bits per heavy atom. The highest BCUT2D eigenvalue weighted by atomic mass is 79.9. The lowest BCUT2D eigenvalue weighted by molar-refractivity contribution is 0.473. The van der Waals surface area contributed by atoms with Crippen molar-refractivity contribution in [2.45, 2.75) is 6.54 Å². The molecule has 2 aromatic carbocycles.